The Morgan fingerprint density at radius 1 is 0.500 bits per heavy atom. The lowest BCUT2D eigenvalue weighted by Crippen LogP contribution is -2.16. The number of hydrogen-bond acceptors (Lipinski definition) is 4. The van der Waals surface area contributed by atoms with E-state index in [-0.39, 0.29) is 17.4 Å². The van der Waals surface area contributed by atoms with Gasteiger partial charge < -0.3 is 19.7 Å². The Morgan fingerprint density at radius 3 is 1.09 bits per heavy atom. The topological polar surface area (TPSA) is 58.9 Å². The van der Waals surface area contributed by atoms with Gasteiger partial charge >= 0.3 is 0 Å². The maximum Gasteiger partial charge on any atom is 0.119 e. The number of aromatic hydroxyl groups is 2. The SMILES string of the molecule is CC(COc1ccc(-c2ccc(O)cc2)cc1)COc1ccc(-c2ccc(O)cc2)cc1. The van der Waals surface area contributed by atoms with Crippen LogP contribution in [0.15, 0.2) is 97.1 Å². The van der Waals surface area contributed by atoms with Crippen molar-refractivity contribution in [1.29, 1.82) is 0 Å². The Bertz CT molecular complexity index is 1020. The van der Waals surface area contributed by atoms with Crippen LogP contribution in [0.3, 0.4) is 0 Å². The van der Waals surface area contributed by atoms with Crippen LogP contribution in [0.25, 0.3) is 22.3 Å². The lowest BCUT2D eigenvalue weighted by Gasteiger charge is -2.15. The van der Waals surface area contributed by atoms with E-state index < -0.39 is 0 Å². The molecule has 4 nitrogen and oxygen atoms in total. The van der Waals surface area contributed by atoms with Gasteiger partial charge in [-0.2, -0.15) is 0 Å². The molecule has 0 saturated carbocycles. The monoisotopic (exact) mass is 426 g/mol. The molecule has 2 N–H and O–H groups in total. The zero-order valence-electron chi connectivity index (χ0n) is 17.9. The summed E-state index contributed by atoms with van der Waals surface area (Å²) < 4.78 is 11.8. The Kier molecular flexibility index (Phi) is 6.61. The van der Waals surface area contributed by atoms with Gasteiger partial charge in [-0.15, -0.1) is 0 Å². The highest BCUT2D eigenvalue weighted by Gasteiger charge is 2.06. The van der Waals surface area contributed by atoms with Crippen LogP contribution in [0, 0.1) is 5.92 Å². The van der Waals surface area contributed by atoms with Gasteiger partial charge in [-0.25, -0.2) is 0 Å². The Morgan fingerprint density at radius 2 is 0.781 bits per heavy atom. The average molecular weight is 427 g/mol. The van der Waals surface area contributed by atoms with Gasteiger partial charge in [0.15, 0.2) is 0 Å². The number of ether oxygens (including phenoxy) is 2. The molecule has 0 bridgehead atoms. The second kappa shape index (κ2) is 9.92. The van der Waals surface area contributed by atoms with Crippen LogP contribution in [-0.2, 0) is 0 Å². The first-order chi connectivity index (χ1) is 15.6. The van der Waals surface area contributed by atoms with E-state index in [4.69, 9.17) is 9.47 Å². The first-order valence-corrected chi connectivity index (χ1v) is 10.6. The van der Waals surface area contributed by atoms with E-state index in [1.807, 2.05) is 72.8 Å². The summed E-state index contributed by atoms with van der Waals surface area (Å²) in [4.78, 5) is 0. The first-order valence-electron chi connectivity index (χ1n) is 10.6. The van der Waals surface area contributed by atoms with Gasteiger partial charge in [0.2, 0.25) is 0 Å². The fraction of sp³-hybridized carbons (Fsp3) is 0.143. The van der Waals surface area contributed by atoms with E-state index in [2.05, 4.69) is 6.92 Å². The molecule has 0 radical (unpaired) electrons. The predicted octanol–water partition coefficient (Wildman–Crippen LogP) is 6.53. The molecule has 162 valence electrons. The zero-order valence-corrected chi connectivity index (χ0v) is 17.9. The van der Waals surface area contributed by atoms with Gasteiger partial charge in [-0.1, -0.05) is 55.5 Å². The van der Waals surface area contributed by atoms with E-state index in [0.717, 1.165) is 33.8 Å². The van der Waals surface area contributed by atoms with Crippen molar-refractivity contribution in [3.8, 4) is 45.3 Å². The van der Waals surface area contributed by atoms with Crippen molar-refractivity contribution in [2.45, 2.75) is 6.92 Å². The van der Waals surface area contributed by atoms with E-state index in [0.29, 0.717) is 13.2 Å². The first kappa shape index (κ1) is 21.3. The highest BCUT2D eigenvalue weighted by atomic mass is 16.5. The molecule has 0 atom stereocenters. The molecule has 0 unspecified atom stereocenters. The maximum atomic E-state index is 9.42. The fourth-order valence-corrected chi connectivity index (χ4v) is 3.32. The Balaban J connectivity index is 1.24. The van der Waals surface area contributed by atoms with E-state index in [1.165, 1.54) is 0 Å². The second-order valence-corrected chi connectivity index (χ2v) is 7.87. The number of rotatable bonds is 8. The number of benzene rings is 4. The third-order valence-corrected chi connectivity index (χ3v) is 5.18. The van der Waals surface area contributed by atoms with Crippen molar-refractivity contribution in [3.05, 3.63) is 97.1 Å². The number of phenols is 2. The minimum atomic E-state index is 0.226. The van der Waals surface area contributed by atoms with Gasteiger partial charge in [-0.3, -0.25) is 0 Å². The molecule has 4 rings (SSSR count). The lowest BCUT2D eigenvalue weighted by molar-refractivity contribution is 0.188. The van der Waals surface area contributed by atoms with Crippen LogP contribution in [0.5, 0.6) is 23.0 Å². The van der Waals surface area contributed by atoms with Crippen molar-refractivity contribution in [3.63, 3.8) is 0 Å². The molecule has 4 aromatic rings. The van der Waals surface area contributed by atoms with E-state index in [1.54, 1.807) is 24.3 Å². The quantitative estimate of drug-likeness (QED) is 0.336. The van der Waals surface area contributed by atoms with Crippen LogP contribution in [-0.4, -0.2) is 23.4 Å². The fourth-order valence-electron chi connectivity index (χ4n) is 3.32. The summed E-state index contributed by atoms with van der Waals surface area (Å²) in [6.07, 6.45) is 0. The van der Waals surface area contributed by atoms with Gasteiger partial charge in [-0.05, 0) is 70.8 Å². The third kappa shape index (κ3) is 5.61. The summed E-state index contributed by atoms with van der Waals surface area (Å²) in [6.45, 7) is 3.21. The molecule has 4 heteroatoms. The lowest BCUT2D eigenvalue weighted by atomic mass is 10.1. The van der Waals surface area contributed by atoms with E-state index >= 15 is 0 Å². The van der Waals surface area contributed by atoms with Crippen LogP contribution >= 0.6 is 0 Å². The Hall–Kier alpha value is -3.92. The molecule has 0 amide bonds. The van der Waals surface area contributed by atoms with Crippen LogP contribution < -0.4 is 9.47 Å². The standard InChI is InChI=1S/C28H26O4/c1-20(18-31-27-14-6-23(7-15-27)21-2-10-25(29)11-3-21)19-32-28-16-8-24(9-17-28)22-4-12-26(30)13-5-22/h2-17,20,29-30H,18-19H2,1H3. The number of phenolic OH excluding ortho intramolecular Hbond substituents is 2. The molecule has 4 aromatic carbocycles. The second-order valence-electron chi connectivity index (χ2n) is 7.87. The molecule has 0 heterocycles. The molecular formula is C28H26O4. The molecule has 32 heavy (non-hydrogen) atoms. The van der Waals surface area contributed by atoms with Crippen LogP contribution in [0.2, 0.25) is 0 Å². The molecule has 0 saturated heterocycles. The molecule has 0 aromatic heterocycles. The summed E-state index contributed by atoms with van der Waals surface area (Å²) in [5, 5.41) is 18.8. The minimum Gasteiger partial charge on any atom is -0.508 e. The minimum absolute atomic E-state index is 0.226. The van der Waals surface area contributed by atoms with Crippen molar-refractivity contribution in [1.82, 2.24) is 0 Å². The summed E-state index contributed by atoms with van der Waals surface area (Å²) >= 11 is 0. The molecule has 0 aliphatic rings. The molecule has 0 aliphatic carbocycles. The predicted molar refractivity (Wildman–Crippen MR) is 127 cm³/mol. The molecular weight excluding hydrogens is 400 g/mol. The smallest absolute Gasteiger partial charge is 0.119 e. The van der Waals surface area contributed by atoms with Gasteiger partial charge in [0.05, 0.1) is 13.2 Å². The van der Waals surface area contributed by atoms with Gasteiger partial charge in [0.1, 0.15) is 23.0 Å². The van der Waals surface area contributed by atoms with Crippen LogP contribution in [0.1, 0.15) is 6.92 Å². The van der Waals surface area contributed by atoms with Crippen LogP contribution in [0.4, 0.5) is 0 Å². The Labute approximate surface area is 188 Å². The van der Waals surface area contributed by atoms with Crippen molar-refractivity contribution in [2.24, 2.45) is 5.92 Å². The summed E-state index contributed by atoms with van der Waals surface area (Å²) in [5.41, 5.74) is 4.24. The van der Waals surface area contributed by atoms with Gasteiger partial charge in [0, 0.05) is 5.92 Å². The molecule has 0 spiro atoms. The maximum absolute atomic E-state index is 9.42. The summed E-state index contributed by atoms with van der Waals surface area (Å²) in [5.74, 6) is 2.38. The van der Waals surface area contributed by atoms with Crippen molar-refractivity contribution < 1.29 is 19.7 Å². The van der Waals surface area contributed by atoms with Crippen molar-refractivity contribution in [2.75, 3.05) is 13.2 Å². The molecule has 0 aliphatic heterocycles. The third-order valence-electron chi connectivity index (χ3n) is 5.18. The highest BCUT2D eigenvalue weighted by molar-refractivity contribution is 5.65. The summed E-state index contributed by atoms with van der Waals surface area (Å²) in [6, 6.07) is 30.2. The molecule has 0 fully saturated rings. The average Bonchev–Trinajstić information content (AvgIpc) is 2.83. The van der Waals surface area contributed by atoms with E-state index in [9.17, 15) is 10.2 Å². The largest absolute Gasteiger partial charge is 0.508 e. The number of hydrogen-bond donors (Lipinski definition) is 2. The van der Waals surface area contributed by atoms with Crippen molar-refractivity contribution >= 4 is 0 Å². The summed E-state index contributed by atoms with van der Waals surface area (Å²) in [7, 11) is 0. The normalized spacial score (nSPS) is 10.8. The zero-order chi connectivity index (χ0) is 22.3. The highest BCUT2D eigenvalue weighted by Crippen LogP contribution is 2.26. The van der Waals surface area contributed by atoms with Gasteiger partial charge in [0.25, 0.3) is 0 Å².